The molecular formula is C19H19ClN2O4. The first-order chi connectivity index (χ1) is 12.5. The van der Waals surface area contributed by atoms with Crippen molar-refractivity contribution in [3.8, 4) is 5.75 Å². The molecule has 0 aromatic heterocycles. The summed E-state index contributed by atoms with van der Waals surface area (Å²) in [5, 5.41) is 10.8. The van der Waals surface area contributed by atoms with E-state index in [1.54, 1.807) is 55.5 Å². The smallest absolute Gasteiger partial charge is 0.332 e. The monoisotopic (exact) mass is 374 g/mol. The van der Waals surface area contributed by atoms with Gasteiger partial charge in [-0.25, -0.2) is 4.79 Å². The molecule has 1 saturated heterocycles. The van der Waals surface area contributed by atoms with E-state index in [-0.39, 0.29) is 19.1 Å². The number of hydrogen-bond donors (Lipinski definition) is 1. The molecule has 0 bridgehead atoms. The summed E-state index contributed by atoms with van der Waals surface area (Å²) in [6, 6.07) is 14.6. The van der Waals surface area contributed by atoms with Gasteiger partial charge in [0.2, 0.25) is 0 Å². The molecule has 0 aliphatic carbocycles. The number of aliphatic hydroxyl groups is 1. The maximum absolute atomic E-state index is 12.6. The first kappa shape index (κ1) is 18.2. The summed E-state index contributed by atoms with van der Waals surface area (Å²) in [7, 11) is 0. The first-order valence-electron chi connectivity index (χ1n) is 8.23. The Labute approximate surface area is 156 Å². The zero-order valence-electron chi connectivity index (χ0n) is 14.2. The first-order valence-corrected chi connectivity index (χ1v) is 8.61. The van der Waals surface area contributed by atoms with Crippen LogP contribution >= 0.6 is 11.6 Å². The van der Waals surface area contributed by atoms with Crippen molar-refractivity contribution in [1.82, 2.24) is 4.90 Å². The molecule has 0 saturated carbocycles. The van der Waals surface area contributed by atoms with Crippen LogP contribution in [0.2, 0.25) is 5.02 Å². The average molecular weight is 375 g/mol. The molecular weight excluding hydrogens is 356 g/mol. The van der Waals surface area contributed by atoms with Crippen LogP contribution in [-0.2, 0) is 4.79 Å². The van der Waals surface area contributed by atoms with Gasteiger partial charge in [0.05, 0.1) is 6.54 Å². The fourth-order valence-corrected chi connectivity index (χ4v) is 2.93. The molecule has 26 heavy (non-hydrogen) atoms. The van der Waals surface area contributed by atoms with Gasteiger partial charge in [0, 0.05) is 10.7 Å². The third kappa shape index (κ3) is 3.81. The fraction of sp³-hybridized carbons (Fsp3) is 0.263. The van der Waals surface area contributed by atoms with E-state index < -0.39 is 18.2 Å². The molecule has 3 amide bonds. The second-order valence-electron chi connectivity index (χ2n) is 6.03. The van der Waals surface area contributed by atoms with Crippen molar-refractivity contribution in [2.75, 3.05) is 18.1 Å². The molecule has 1 N–H and O–H groups in total. The highest BCUT2D eigenvalue weighted by Gasteiger charge is 2.43. The maximum Gasteiger partial charge on any atom is 0.332 e. The molecule has 0 radical (unpaired) electrons. The minimum Gasteiger partial charge on any atom is -0.491 e. The van der Waals surface area contributed by atoms with Gasteiger partial charge in [-0.2, -0.15) is 0 Å². The zero-order valence-corrected chi connectivity index (χ0v) is 15.0. The maximum atomic E-state index is 12.6. The van der Waals surface area contributed by atoms with E-state index in [1.165, 1.54) is 4.90 Å². The van der Waals surface area contributed by atoms with Crippen molar-refractivity contribution in [3.63, 3.8) is 0 Å². The van der Waals surface area contributed by atoms with Crippen LogP contribution < -0.4 is 9.64 Å². The molecule has 1 aliphatic heterocycles. The summed E-state index contributed by atoms with van der Waals surface area (Å²) < 4.78 is 5.47. The van der Waals surface area contributed by atoms with Crippen LogP contribution in [0.15, 0.2) is 54.6 Å². The van der Waals surface area contributed by atoms with Crippen molar-refractivity contribution >= 4 is 29.2 Å². The number of amides is 3. The Morgan fingerprint density at radius 3 is 2.42 bits per heavy atom. The molecule has 2 aromatic rings. The lowest BCUT2D eigenvalue weighted by Crippen LogP contribution is -2.40. The van der Waals surface area contributed by atoms with E-state index in [9.17, 15) is 14.7 Å². The Morgan fingerprint density at radius 2 is 1.77 bits per heavy atom. The predicted molar refractivity (Wildman–Crippen MR) is 98.4 cm³/mol. The van der Waals surface area contributed by atoms with Gasteiger partial charge < -0.3 is 9.84 Å². The Morgan fingerprint density at radius 1 is 1.12 bits per heavy atom. The van der Waals surface area contributed by atoms with Crippen LogP contribution in [0.25, 0.3) is 0 Å². The minimum atomic E-state index is -0.999. The molecule has 1 fully saturated rings. The summed E-state index contributed by atoms with van der Waals surface area (Å²) in [4.78, 5) is 27.6. The normalized spacial score (nSPS) is 18.3. The molecule has 3 rings (SSSR count). The fourth-order valence-electron chi connectivity index (χ4n) is 2.80. The third-order valence-corrected chi connectivity index (χ3v) is 4.38. The number of hydrogen-bond acceptors (Lipinski definition) is 4. The lowest BCUT2D eigenvalue weighted by Gasteiger charge is -2.20. The Kier molecular flexibility index (Phi) is 5.44. The second kappa shape index (κ2) is 7.76. The van der Waals surface area contributed by atoms with E-state index in [4.69, 9.17) is 16.3 Å². The van der Waals surface area contributed by atoms with E-state index in [2.05, 4.69) is 0 Å². The summed E-state index contributed by atoms with van der Waals surface area (Å²) in [6.45, 7) is 1.50. The van der Waals surface area contributed by atoms with E-state index in [1.807, 2.05) is 6.07 Å². The van der Waals surface area contributed by atoms with Crippen LogP contribution in [0.5, 0.6) is 5.75 Å². The Balaban J connectivity index is 1.62. The Bertz CT molecular complexity index is 782. The summed E-state index contributed by atoms with van der Waals surface area (Å²) in [5.74, 6) is 0.205. The van der Waals surface area contributed by atoms with Crippen molar-refractivity contribution in [1.29, 1.82) is 0 Å². The second-order valence-corrected chi connectivity index (χ2v) is 6.47. The quantitative estimate of drug-likeness (QED) is 0.789. The molecule has 2 atom stereocenters. The number of rotatable bonds is 6. The molecule has 1 aliphatic rings. The number of para-hydroxylation sites is 1. The van der Waals surface area contributed by atoms with Crippen LogP contribution in [0, 0.1) is 0 Å². The van der Waals surface area contributed by atoms with Gasteiger partial charge in [-0.1, -0.05) is 29.8 Å². The van der Waals surface area contributed by atoms with Gasteiger partial charge in [-0.05, 0) is 43.3 Å². The van der Waals surface area contributed by atoms with Gasteiger partial charge in [-0.3, -0.25) is 14.6 Å². The van der Waals surface area contributed by atoms with Gasteiger partial charge in [0.15, 0.2) is 0 Å². The summed E-state index contributed by atoms with van der Waals surface area (Å²) in [6.07, 6.45) is -0.999. The largest absolute Gasteiger partial charge is 0.491 e. The number of anilines is 1. The lowest BCUT2D eigenvalue weighted by molar-refractivity contribution is -0.128. The van der Waals surface area contributed by atoms with Crippen LogP contribution in [0.1, 0.15) is 6.92 Å². The molecule has 6 nitrogen and oxygen atoms in total. The van der Waals surface area contributed by atoms with Crippen molar-refractivity contribution in [2.24, 2.45) is 0 Å². The summed E-state index contributed by atoms with van der Waals surface area (Å²) >= 11 is 5.81. The Hall–Kier alpha value is -2.57. The number of benzene rings is 2. The van der Waals surface area contributed by atoms with E-state index in [0.29, 0.717) is 16.5 Å². The number of urea groups is 1. The van der Waals surface area contributed by atoms with Crippen LogP contribution in [-0.4, -0.2) is 47.2 Å². The molecule has 136 valence electrons. The summed E-state index contributed by atoms with van der Waals surface area (Å²) in [5.41, 5.74) is 0.646. The van der Waals surface area contributed by atoms with Gasteiger partial charge >= 0.3 is 6.03 Å². The number of carbonyl (C=O) groups excluding carboxylic acids is 2. The molecule has 2 unspecified atom stereocenters. The minimum absolute atomic E-state index is 0.0432. The number of nitrogens with zero attached hydrogens (tertiary/aromatic N) is 2. The highest BCUT2D eigenvalue weighted by Crippen LogP contribution is 2.25. The highest BCUT2D eigenvalue weighted by molar-refractivity contribution is 6.30. The number of ether oxygens (including phenoxy) is 1. The number of halogens is 1. The highest BCUT2D eigenvalue weighted by atomic mass is 35.5. The lowest BCUT2D eigenvalue weighted by atomic mass is 10.2. The molecule has 7 heteroatoms. The van der Waals surface area contributed by atoms with E-state index in [0.717, 1.165) is 4.90 Å². The molecule has 2 aromatic carbocycles. The predicted octanol–water partition coefficient (Wildman–Crippen LogP) is 2.94. The third-order valence-electron chi connectivity index (χ3n) is 4.13. The number of carbonyl (C=O) groups is 2. The number of aliphatic hydroxyl groups excluding tert-OH is 1. The zero-order chi connectivity index (χ0) is 18.7. The number of imide groups is 1. The van der Waals surface area contributed by atoms with Crippen LogP contribution in [0.4, 0.5) is 10.5 Å². The molecule has 1 heterocycles. The van der Waals surface area contributed by atoms with Crippen molar-refractivity contribution in [3.05, 3.63) is 59.6 Å². The average Bonchev–Trinajstić information content (AvgIpc) is 2.85. The van der Waals surface area contributed by atoms with Crippen molar-refractivity contribution < 1.29 is 19.4 Å². The van der Waals surface area contributed by atoms with Crippen molar-refractivity contribution in [2.45, 2.75) is 19.1 Å². The number of β-amino-alcohol motifs (C(OH)–C–C–N with tert-alkyl or cyclic N) is 1. The SMILES string of the molecule is CC1C(=O)N(CC(O)COc2ccc(Cl)cc2)C(=O)N1c1ccccc1. The van der Waals surface area contributed by atoms with Gasteiger partial charge in [0.1, 0.15) is 24.5 Å². The van der Waals surface area contributed by atoms with E-state index >= 15 is 0 Å². The topological polar surface area (TPSA) is 70.1 Å². The standard InChI is InChI=1S/C19H19ClN2O4/c1-13-18(24)21(19(25)22(13)15-5-3-2-4-6-15)11-16(23)12-26-17-9-7-14(20)8-10-17/h2-10,13,16,23H,11-12H2,1H3. The van der Waals surface area contributed by atoms with Gasteiger partial charge in [-0.15, -0.1) is 0 Å². The van der Waals surface area contributed by atoms with Gasteiger partial charge in [0.25, 0.3) is 5.91 Å². The molecule has 0 spiro atoms. The van der Waals surface area contributed by atoms with Crippen LogP contribution in [0.3, 0.4) is 0 Å².